The fourth-order valence-electron chi connectivity index (χ4n) is 2.91. The molecule has 156 valence electrons. The Bertz CT molecular complexity index is 637. The number of hydrogen-bond acceptors (Lipinski definition) is 5. The summed E-state index contributed by atoms with van der Waals surface area (Å²) in [7, 11) is 3.63. The molecule has 1 aliphatic rings. The molecule has 1 aromatic rings. The fraction of sp³-hybridized carbons (Fsp3) is 0.619. The summed E-state index contributed by atoms with van der Waals surface area (Å²) >= 11 is 0. The standard InChI is InChI=1S/C21H33N3O4/c1-21(2,3)28-20(26)23(5)18(16-27-15-17-9-7-6-8-10-17)19(25)24-13-11-22(4)12-14-24/h6-10,18H,11-16H2,1-5H3/t18-/m0/s1. The van der Waals surface area contributed by atoms with E-state index in [1.165, 1.54) is 4.90 Å². The van der Waals surface area contributed by atoms with Crippen LogP contribution in [0.4, 0.5) is 4.79 Å². The minimum atomic E-state index is -0.720. The van der Waals surface area contributed by atoms with E-state index >= 15 is 0 Å². The van der Waals surface area contributed by atoms with Gasteiger partial charge in [0.1, 0.15) is 11.6 Å². The zero-order valence-corrected chi connectivity index (χ0v) is 17.7. The van der Waals surface area contributed by atoms with Crippen molar-refractivity contribution in [3.63, 3.8) is 0 Å². The highest BCUT2D eigenvalue weighted by molar-refractivity contribution is 5.86. The second kappa shape index (κ2) is 9.89. The van der Waals surface area contributed by atoms with Crippen LogP contribution in [0, 0.1) is 0 Å². The summed E-state index contributed by atoms with van der Waals surface area (Å²) in [5, 5.41) is 0. The summed E-state index contributed by atoms with van der Waals surface area (Å²) < 4.78 is 11.3. The molecule has 2 rings (SSSR count). The van der Waals surface area contributed by atoms with Crippen LogP contribution in [0.1, 0.15) is 26.3 Å². The van der Waals surface area contributed by atoms with Crippen LogP contribution in [0.25, 0.3) is 0 Å². The molecule has 1 aliphatic heterocycles. The average molecular weight is 392 g/mol. The Morgan fingerprint density at radius 3 is 2.29 bits per heavy atom. The van der Waals surface area contributed by atoms with E-state index in [2.05, 4.69) is 4.90 Å². The summed E-state index contributed by atoms with van der Waals surface area (Å²) in [6.45, 7) is 8.86. The van der Waals surface area contributed by atoms with Crippen molar-refractivity contribution in [3.05, 3.63) is 35.9 Å². The molecule has 0 N–H and O–H groups in total. The second-order valence-corrected chi connectivity index (χ2v) is 8.24. The van der Waals surface area contributed by atoms with Gasteiger partial charge in [0.15, 0.2) is 0 Å². The molecule has 1 aromatic carbocycles. The summed E-state index contributed by atoms with van der Waals surface area (Å²) in [6, 6.07) is 9.04. The minimum Gasteiger partial charge on any atom is -0.444 e. The van der Waals surface area contributed by atoms with Crippen LogP contribution >= 0.6 is 0 Å². The predicted molar refractivity (Wildman–Crippen MR) is 108 cm³/mol. The summed E-state index contributed by atoms with van der Waals surface area (Å²) in [4.78, 5) is 31.0. The molecule has 0 aliphatic carbocycles. The lowest BCUT2D eigenvalue weighted by molar-refractivity contribution is -0.140. The van der Waals surface area contributed by atoms with Gasteiger partial charge < -0.3 is 19.3 Å². The molecule has 1 heterocycles. The van der Waals surface area contributed by atoms with E-state index in [-0.39, 0.29) is 12.5 Å². The van der Waals surface area contributed by atoms with Crippen LogP contribution in [-0.4, -0.2) is 85.2 Å². The predicted octanol–water partition coefficient (Wildman–Crippen LogP) is 2.21. The van der Waals surface area contributed by atoms with Crippen LogP contribution in [0.5, 0.6) is 0 Å². The monoisotopic (exact) mass is 391 g/mol. The van der Waals surface area contributed by atoms with Gasteiger partial charge in [-0.1, -0.05) is 30.3 Å². The first-order valence-corrected chi connectivity index (χ1v) is 9.72. The quantitative estimate of drug-likeness (QED) is 0.744. The molecule has 1 saturated heterocycles. The van der Waals surface area contributed by atoms with Crippen LogP contribution in [0.15, 0.2) is 30.3 Å². The zero-order valence-electron chi connectivity index (χ0n) is 17.7. The van der Waals surface area contributed by atoms with Gasteiger partial charge in [0, 0.05) is 33.2 Å². The smallest absolute Gasteiger partial charge is 0.410 e. The molecule has 0 bridgehead atoms. The highest BCUT2D eigenvalue weighted by Crippen LogP contribution is 2.14. The lowest BCUT2D eigenvalue weighted by Gasteiger charge is -2.37. The highest BCUT2D eigenvalue weighted by Gasteiger charge is 2.34. The lowest BCUT2D eigenvalue weighted by Crippen LogP contribution is -2.56. The number of rotatable bonds is 6. The van der Waals surface area contributed by atoms with Gasteiger partial charge in [0.2, 0.25) is 5.91 Å². The fourth-order valence-corrected chi connectivity index (χ4v) is 2.91. The molecule has 7 heteroatoms. The summed E-state index contributed by atoms with van der Waals surface area (Å²) in [6.07, 6.45) is -0.525. The Morgan fingerprint density at radius 2 is 1.71 bits per heavy atom. The topological polar surface area (TPSA) is 62.3 Å². The zero-order chi connectivity index (χ0) is 20.7. The molecule has 0 radical (unpaired) electrons. The molecule has 2 amide bonds. The first-order chi connectivity index (χ1) is 13.2. The van der Waals surface area contributed by atoms with Gasteiger partial charge in [0.25, 0.3) is 0 Å². The van der Waals surface area contributed by atoms with E-state index in [1.807, 2.05) is 58.2 Å². The Hall–Kier alpha value is -2.12. The van der Waals surface area contributed by atoms with Gasteiger partial charge in [-0.25, -0.2) is 4.79 Å². The molecule has 0 unspecified atom stereocenters. The molecule has 1 atom stereocenters. The van der Waals surface area contributed by atoms with Gasteiger partial charge >= 0.3 is 6.09 Å². The third-order valence-corrected chi connectivity index (χ3v) is 4.64. The molecular formula is C21H33N3O4. The number of hydrogen-bond donors (Lipinski definition) is 0. The number of benzene rings is 1. The number of carbonyl (C=O) groups is 2. The third kappa shape index (κ3) is 6.80. The maximum atomic E-state index is 13.1. The van der Waals surface area contributed by atoms with Crippen molar-refractivity contribution >= 4 is 12.0 Å². The van der Waals surface area contributed by atoms with Crippen LogP contribution < -0.4 is 0 Å². The third-order valence-electron chi connectivity index (χ3n) is 4.64. The molecule has 0 spiro atoms. The number of ether oxygens (including phenoxy) is 2. The molecule has 0 saturated carbocycles. The van der Waals surface area contributed by atoms with Crippen molar-refractivity contribution in [2.45, 2.75) is 39.0 Å². The van der Waals surface area contributed by atoms with Crippen LogP contribution in [-0.2, 0) is 20.9 Å². The molecule has 0 aromatic heterocycles. The number of likely N-dealkylation sites (N-methyl/N-ethyl adjacent to an activating group) is 2. The summed E-state index contributed by atoms with van der Waals surface area (Å²) in [5.41, 5.74) is 0.394. The van der Waals surface area contributed by atoms with Crippen molar-refractivity contribution in [2.24, 2.45) is 0 Å². The second-order valence-electron chi connectivity index (χ2n) is 8.24. The molecule has 1 fully saturated rings. The normalized spacial score (nSPS) is 16.5. The Morgan fingerprint density at radius 1 is 1.11 bits per heavy atom. The van der Waals surface area contributed by atoms with Crippen molar-refractivity contribution in [1.82, 2.24) is 14.7 Å². The molecule has 28 heavy (non-hydrogen) atoms. The van der Waals surface area contributed by atoms with E-state index in [9.17, 15) is 9.59 Å². The van der Waals surface area contributed by atoms with Gasteiger partial charge in [-0.15, -0.1) is 0 Å². The largest absolute Gasteiger partial charge is 0.444 e. The van der Waals surface area contributed by atoms with Crippen molar-refractivity contribution in [1.29, 1.82) is 0 Å². The first-order valence-electron chi connectivity index (χ1n) is 9.72. The van der Waals surface area contributed by atoms with Crippen molar-refractivity contribution in [2.75, 3.05) is 46.9 Å². The lowest BCUT2D eigenvalue weighted by atomic mass is 10.2. The molecule has 7 nitrogen and oxygen atoms in total. The van der Waals surface area contributed by atoms with Gasteiger partial charge in [-0.2, -0.15) is 0 Å². The minimum absolute atomic E-state index is 0.102. The van der Waals surface area contributed by atoms with Gasteiger partial charge in [-0.05, 0) is 33.4 Å². The van der Waals surface area contributed by atoms with Crippen molar-refractivity contribution in [3.8, 4) is 0 Å². The van der Waals surface area contributed by atoms with Crippen molar-refractivity contribution < 1.29 is 19.1 Å². The van der Waals surface area contributed by atoms with E-state index in [1.54, 1.807) is 11.9 Å². The highest BCUT2D eigenvalue weighted by atomic mass is 16.6. The Balaban J connectivity index is 2.05. The average Bonchev–Trinajstić information content (AvgIpc) is 2.64. The number of carbonyl (C=O) groups excluding carboxylic acids is 2. The first kappa shape index (κ1) is 22.2. The number of amides is 2. The Kier molecular flexibility index (Phi) is 7.83. The number of nitrogens with zero attached hydrogens (tertiary/aromatic N) is 3. The van der Waals surface area contributed by atoms with E-state index in [4.69, 9.17) is 9.47 Å². The van der Waals surface area contributed by atoms with Gasteiger partial charge in [-0.3, -0.25) is 9.69 Å². The van der Waals surface area contributed by atoms with E-state index < -0.39 is 17.7 Å². The van der Waals surface area contributed by atoms with Crippen LogP contribution in [0.2, 0.25) is 0 Å². The molecular weight excluding hydrogens is 358 g/mol. The van der Waals surface area contributed by atoms with E-state index in [0.29, 0.717) is 19.7 Å². The maximum Gasteiger partial charge on any atom is 0.410 e. The van der Waals surface area contributed by atoms with E-state index in [0.717, 1.165) is 18.7 Å². The maximum absolute atomic E-state index is 13.1. The summed E-state index contributed by atoms with van der Waals surface area (Å²) in [5.74, 6) is -0.102. The van der Waals surface area contributed by atoms with Gasteiger partial charge in [0.05, 0.1) is 13.2 Å². The Labute approximate surface area is 168 Å². The number of piperazine rings is 1. The SMILES string of the molecule is CN1CCN(C(=O)[C@H](COCc2ccccc2)N(C)C(=O)OC(C)(C)C)CC1. The van der Waals surface area contributed by atoms with Crippen LogP contribution in [0.3, 0.4) is 0 Å².